The van der Waals surface area contributed by atoms with Crippen molar-refractivity contribution in [3.05, 3.63) is 59.7 Å². The fraction of sp³-hybridized carbons (Fsp3) is 0.158. The highest BCUT2D eigenvalue weighted by molar-refractivity contribution is 6.09. The molecule has 2 aromatic rings. The lowest BCUT2D eigenvalue weighted by Crippen LogP contribution is -2.50. The topological polar surface area (TPSA) is 95.6 Å². The Morgan fingerprint density at radius 2 is 1.69 bits per heavy atom. The summed E-state index contributed by atoms with van der Waals surface area (Å²) in [6, 6.07) is 13.0. The van der Waals surface area contributed by atoms with Gasteiger partial charge in [0.1, 0.15) is 0 Å². The first kappa shape index (κ1) is 17.3. The molecule has 0 spiro atoms. The summed E-state index contributed by atoms with van der Waals surface area (Å²) in [5.41, 5.74) is 4.20. The summed E-state index contributed by atoms with van der Waals surface area (Å²) in [5.74, 6) is -0.959. The predicted octanol–water partition coefficient (Wildman–Crippen LogP) is 2.30. The van der Waals surface area contributed by atoms with Gasteiger partial charge in [0.25, 0.3) is 5.91 Å². The highest BCUT2D eigenvalue weighted by Gasteiger charge is 2.24. The van der Waals surface area contributed by atoms with Crippen LogP contribution in [0.4, 0.5) is 11.4 Å². The molecule has 0 bridgehead atoms. The molecular formula is C19H17N3O4. The SMILES string of the molecule is CC(=O)c1ccccc1NC(=O)c1ccc(N2NC(=O)CCC2=O)cc1. The maximum absolute atomic E-state index is 12.4. The standard InChI is InChI=1S/C19H17N3O4/c1-12(23)15-4-2-3-5-16(15)20-19(26)13-6-8-14(9-7-13)22-18(25)11-10-17(24)21-22/h2-9H,10-11H2,1H3,(H,20,26)(H,21,24). The number of ketones is 1. The van der Waals surface area contributed by atoms with Gasteiger partial charge < -0.3 is 5.32 Å². The van der Waals surface area contributed by atoms with E-state index in [1.54, 1.807) is 48.5 Å². The van der Waals surface area contributed by atoms with Crippen LogP contribution in [0.25, 0.3) is 0 Å². The zero-order valence-electron chi connectivity index (χ0n) is 14.1. The molecule has 3 rings (SSSR count). The third-order valence-corrected chi connectivity index (χ3v) is 3.99. The van der Waals surface area contributed by atoms with Crippen LogP contribution in [-0.4, -0.2) is 23.5 Å². The number of carbonyl (C=O) groups is 4. The van der Waals surface area contributed by atoms with Gasteiger partial charge in [0, 0.05) is 24.0 Å². The molecule has 7 nitrogen and oxygen atoms in total. The first-order valence-corrected chi connectivity index (χ1v) is 8.09. The van der Waals surface area contributed by atoms with E-state index in [1.165, 1.54) is 11.9 Å². The van der Waals surface area contributed by atoms with Gasteiger partial charge in [-0.25, -0.2) is 5.01 Å². The summed E-state index contributed by atoms with van der Waals surface area (Å²) in [6.45, 7) is 1.43. The average Bonchev–Trinajstić information content (AvgIpc) is 2.64. The van der Waals surface area contributed by atoms with E-state index < -0.39 is 0 Å². The number of anilines is 2. The molecule has 0 radical (unpaired) electrons. The molecule has 2 aromatic carbocycles. The van der Waals surface area contributed by atoms with E-state index in [2.05, 4.69) is 10.7 Å². The van der Waals surface area contributed by atoms with E-state index in [0.29, 0.717) is 22.5 Å². The Morgan fingerprint density at radius 3 is 2.38 bits per heavy atom. The third-order valence-electron chi connectivity index (χ3n) is 3.99. The molecule has 1 aliphatic rings. The molecule has 7 heteroatoms. The van der Waals surface area contributed by atoms with Crippen LogP contribution in [0.1, 0.15) is 40.5 Å². The Hall–Kier alpha value is -3.48. The monoisotopic (exact) mass is 351 g/mol. The Morgan fingerprint density at radius 1 is 1.00 bits per heavy atom. The van der Waals surface area contributed by atoms with Crippen LogP contribution < -0.4 is 15.8 Å². The third kappa shape index (κ3) is 3.61. The van der Waals surface area contributed by atoms with Gasteiger partial charge in [-0.15, -0.1) is 0 Å². The molecule has 132 valence electrons. The van der Waals surface area contributed by atoms with Crippen molar-refractivity contribution < 1.29 is 19.2 Å². The van der Waals surface area contributed by atoms with E-state index >= 15 is 0 Å². The number of amides is 3. The second kappa shape index (κ2) is 7.18. The number of Topliss-reactive ketones (excluding diaryl/α,β-unsaturated/α-hetero) is 1. The molecule has 0 unspecified atom stereocenters. The minimum Gasteiger partial charge on any atom is -0.321 e. The molecule has 0 aliphatic carbocycles. The number of carbonyl (C=O) groups excluding carboxylic acids is 4. The number of benzene rings is 2. The molecule has 1 heterocycles. The second-order valence-electron chi connectivity index (χ2n) is 5.87. The molecule has 26 heavy (non-hydrogen) atoms. The second-order valence-corrected chi connectivity index (χ2v) is 5.87. The fourth-order valence-electron chi connectivity index (χ4n) is 2.64. The lowest BCUT2D eigenvalue weighted by molar-refractivity contribution is -0.130. The van der Waals surface area contributed by atoms with Crippen molar-refractivity contribution in [2.45, 2.75) is 19.8 Å². The normalized spacial score (nSPS) is 14.0. The van der Waals surface area contributed by atoms with Crippen molar-refractivity contribution in [2.24, 2.45) is 0 Å². The van der Waals surface area contributed by atoms with Gasteiger partial charge in [0.05, 0.1) is 11.4 Å². The zero-order chi connectivity index (χ0) is 18.7. The smallest absolute Gasteiger partial charge is 0.255 e. The van der Waals surface area contributed by atoms with Gasteiger partial charge in [-0.1, -0.05) is 12.1 Å². The number of para-hydroxylation sites is 1. The zero-order valence-corrected chi connectivity index (χ0v) is 14.1. The maximum atomic E-state index is 12.4. The maximum Gasteiger partial charge on any atom is 0.255 e. The summed E-state index contributed by atoms with van der Waals surface area (Å²) in [6.07, 6.45) is 0.321. The van der Waals surface area contributed by atoms with Gasteiger partial charge in [-0.2, -0.15) is 0 Å². The molecule has 1 fully saturated rings. The minimum absolute atomic E-state index is 0.143. The van der Waals surface area contributed by atoms with E-state index in [-0.39, 0.29) is 36.3 Å². The van der Waals surface area contributed by atoms with Crippen molar-refractivity contribution in [1.29, 1.82) is 0 Å². The van der Waals surface area contributed by atoms with Gasteiger partial charge in [0.2, 0.25) is 11.8 Å². The summed E-state index contributed by atoms with van der Waals surface area (Å²) >= 11 is 0. The highest BCUT2D eigenvalue weighted by atomic mass is 16.2. The molecule has 2 N–H and O–H groups in total. The van der Waals surface area contributed by atoms with Crippen LogP contribution in [-0.2, 0) is 9.59 Å². The van der Waals surface area contributed by atoms with Gasteiger partial charge in [-0.05, 0) is 43.3 Å². The Bertz CT molecular complexity index is 890. The largest absolute Gasteiger partial charge is 0.321 e. The number of nitrogens with one attached hydrogen (secondary N) is 2. The predicted molar refractivity (Wildman–Crippen MR) is 95.7 cm³/mol. The lowest BCUT2D eigenvalue weighted by Gasteiger charge is -2.27. The van der Waals surface area contributed by atoms with E-state index in [0.717, 1.165) is 0 Å². The van der Waals surface area contributed by atoms with Crippen LogP contribution in [0.2, 0.25) is 0 Å². The summed E-state index contributed by atoms with van der Waals surface area (Å²) in [7, 11) is 0. The number of hydrogen-bond acceptors (Lipinski definition) is 4. The van der Waals surface area contributed by atoms with Crippen LogP contribution in [0.3, 0.4) is 0 Å². The van der Waals surface area contributed by atoms with Crippen molar-refractivity contribution >= 4 is 34.9 Å². The Labute approximate surface area is 150 Å². The number of hydrazine groups is 1. The van der Waals surface area contributed by atoms with E-state index in [4.69, 9.17) is 0 Å². The minimum atomic E-state index is -0.376. The van der Waals surface area contributed by atoms with E-state index in [9.17, 15) is 19.2 Å². The van der Waals surface area contributed by atoms with Crippen molar-refractivity contribution in [2.75, 3.05) is 10.3 Å². The Kier molecular flexibility index (Phi) is 4.79. The molecule has 0 saturated carbocycles. The van der Waals surface area contributed by atoms with Gasteiger partial charge in [0.15, 0.2) is 5.78 Å². The van der Waals surface area contributed by atoms with Crippen LogP contribution in [0.15, 0.2) is 48.5 Å². The van der Waals surface area contributed by atoms with Crippen molar-refractivity contribution in [1.82, 2.24) is 5.43 Å². The molecule has 1 saturated heterocycles. The fourth-order valence-corrected chi connectivity index (χ4v) is 2.64. The van der Waals surface area contributed by atoms with Crippen molar-refractivity contribution in [3.63, 3.8) is 0 Å². The first-order valence-electron chi connectivity index (χ1n) is 8.09. The number of hydrogen-bond donors (Lipinski definition) is 2. The molecule has 1 aliphatic heterocycles. The number of nitrogens with zero attached hydrogens (tertiary/aromatic N) is 1. The highest BCUT2D eigenvalue weighted by Crippen LogP contribution is 2.20. The van der Waals surface area contributed by atoms with Crippen molar-refractivity contribution in [3.8, 4) is 0 Å². The van der Waals surface area contributed by atoms with Crippen LogP contribution in [0, 0.1) is 0 Å². The van der Waals surface area contributed by atoms with Gasteiger partial charge >= 0.3 is 0 Å². The quantitative estimate of drug-likeness (QED) is 0.826. The molecule has 0 atom stereocenters. The first-order chi connectivity index (χ1) is 12.5. The Balaban J connectivity index is 1.76. The number of rotatable bonds is 4. The lowest BCUT2D eigenvalue weighted by atomic mass is 10.1. The van der Waals surface area contributed by atoms with E-state index in [1.807, 2.05) is 0 Å². The molecular weight excluding hydrogens is 334 g/mol. The molecule has 3 amide bonds. The van der Waals surface area contributed by atoms with Crippen LogP contribution >= 0.6 is 0 Å². The van der Waals surface area contributed by atoms with Gasteiger partial charge in [-0.3, -0.25) is 24.6 Å². The van der Waals surface area contributed by atoms with Crippen LogP contribution in [0.5, 0.6) is 0 Å². The summed E-state index contributed by atoms with van der Waals surface area (Å²) in [4.78, 5) is 47.4. The molecule has 0 aromatic heterocycles. The summed E-state index contributed by atoms with van der Waals surface area (Å²) < 4.78 is 0. The summed E-state index contributed by atoms with van der Waals surface area (Å²) in [5, 5.41) is 3.89. The average molecular weight is 351 g/mol.